The average Bonchev–Trinajstić information content (AvgIpc) is 2.13. The van der Waals surface area contributed by atoms with Gasteiger partial charge in [0, 0.05) is 6.54 Å². The summed E-state index contributed by atoms with van der Waals surface area (Å²) in [5.41, 5.74) is -0.588. The van der Waals surface area contributed by atoms with Crippen molar-refractivity contribution >= 4 is 21.8 Å². The molecule has 0 fully saturated rings. The minimum atomic E-state index is -0.915. The van der Waals surface area contributed by atoms with Crippen LogP contribution in [-0.4, -0.2) is 28.1 Å². The van der Waals surface area contributed by atoms with E-state index in [2.05, 4.69) is 26.2 Å². The smallest absolute Gasteiger partial charge is 0.270 e. The maximum atomic E-state index is 11.5. The van der Waals surface area contributed by atoms with Crippen LogP contribution in [-0.2, 0) is 0 Å². The average molecular weight is 273 g/mol. The minimum absolute atomic E-state index is 0.194. The van der Waals surface area contributed by atoms with E-state index in [1.54, 1.807) is 32.0 Å². The summed E-state index contributed by atoms with van der Waals surface area (Å²) in [7, 11) is 0. The summed E-state index contributed by atoms with van der Waals surface area (Å²) < 4.78 is 0.610. The monoisotopic (exact) mass is 272 g/mol. The van der Waals surface area contributed by atoms with E-state index in [9.17, 15) is 9.90 Å². The Morgan fingerprint density at radius 2 is 2.27 bits per heavy atom. The van der Waals surface area contributed by atoms with E-state index in [-0.39, 0.29) is 12.5 Å². The Hall–Kier alpha value is -0.940. The van der Waals surface area contributed by atoms with Crippen molar-refractivity contribution in [3.8, 4) is 0 Å². The SMILES string of the molecule is CC(C)(O)CNC(=O)c1cccc(Br)n1. The van der Waals surface area contributed by atoms with Crippen LogP contribution in [0.25, 0.3) is 0 Å². The third-order valence-electron chi connectivity index (χ3n) is 1.63. The fourth-order valence-corrected chi connectivity index (χ4v) is 1.27. The highest BCUT2D eigenvalue weighted by Gasteiger charge is 2.15. The maximum Gasteiger partial charge on any atom is 0.270 e. The highest BCUT2D eigenvalue weighted by atomic mass is 79.9. The van der Waals surface area contributed by atoms with Crippen molar-refractivity contribution in [3.05, 3.63) is 28.5 Å². The van der Waals surface area contributed by atoms with E-state index < -0.39 is 5.60 Å². The largest absolute Gasteiger partial charge is 0.389 e. The van der Waals surface area contributed by atoms with Crippen LogP contribution >= 0.6 is 15.9 Å². The van der Waals surface area contributed by atoms with Gasteiger partial charge in [-0.25, -0.2) is 4.98 Å². The van der Waals surface area contributed by atoms with Gasteiger partial charge in [0.05, 0.1) is 5.60 Å². The van der Waals surface area contributed by atoms with Crippen LogP contribution in [0.1, 0.15) is 24.3 Å². The van der Waals surface area contributed by atoms with Crippen molar-refractivity contribution in [1.29, 1.82) is 0 Å². The first-order valence-electron chi connectivity index (χ1n) is 4.52. The first-order chi connectivity index (χ1) is 6.88. The number of hydrogen-bond donors (Lipinski definition) is 2. The predicted octanol–water partition coefficient (Wildman–Crippen LogP) is 1.34. The molecule has 4 nitrogen and oxygen atoms in total. The Labute approximate surface area is 96.8 Å². The minimum Gasteiger partial charge on any atom is -0.389 e. The highest BCUT2D eigenvalue weighted by molar-refractivity contribution is 9.10. The molecule has 0 saturated carbocycles. The molecule has 1 heterocycles. The second-order valence-electron chi connectivity index (χ2n) is 3.84. The summed E-state index contributed by atoms with van der Waals surface area (Å²) in [6.45, 7) is 3.45. The Morgan fingerprint density at radius 3 is 2.80 bits per heavy atom. The fraction of sp³-hybridized carbons (Fsp3) is 0.400. The number of rotatable bonds is 3. The molecular formula is C10H13BrN2O2. The number of aliphatic hydroxyl groups is 1. The van der Waals surface area contributed by atoms with Gasteiger partial charge in [-0.05, 0) is 41.9 Å². The lowest BCUT2D eigenvalue weighted by Gasteiger charge is -2.17. The van der Waals surface area contributed by atoms with Gasteiger partial charge in [0.15, 0.2) is 0 Å². The van der Waals surface area contributed by atoms with E-state index in [0.717, 1.165) is 0 Å². The zero-order valence-electron chi connectivity index (χ0n) is 8.62. The first kappa shape index (κ1) is 12.1. The topological polar surface area (TPSA) is 62.2 Å². The van der Waals surface area contributed by atoms with Gasteiger partial charge in [-0.2, -0.15) is 0 Å². The standard InChI is InChI=1S/C10H13BrN2O2/c1-10(2,15)6-12-9(14)7-4-3-5-8(11)13-7/h3-5,15H,6H2,1-2H3,(H,12,14). The van der Waals surface area contributed by atoms with Crippen molar-refractivity contribution in [1.82, 2.24) is 10.3 Å². The summed E-state index contributed by atoms with van der Waals surface area (Å²) in [5.74, 6) is -0.293. The van der Waals surface area contributed by atoms with Crippen molar-refractivity contribution < 1.29 is 9.90 Å². The molecule has 0 unspecified atom stereocenters. The third-order valence-corrected chi connectivity index (χ3v) is 2.07. The Kier molecular flexibility index (Phi) is 3.82. The molecule has 5 heteroatoms. The number of nitrogens with one attached hydrogen (secondary N) is 1. The maximum absolute atomic E-state index is 11.5. The quantitative estimate of drug-likeness (QED) is 0.817. The lowest BCUT2D eigenvalue weighted by molar-refractivity contribution is 0.0692. The molecule has 0 spiro atoms. The number of nitrogens with zero attached hydrogens (tertiary/aromatic N) is 1. The van der Waals surface area contributed by atoms with Gasteiger partial charge in [0.1, 0.15) is 10.3 Å². The van der Waals surface area contributed by atoms with E-state index in [1.807, 2.05) is 0 Å². The van der Waals surface area contributed by atoms with E-state index in [1.165, 1.54) is 0 Å². The van der Waals surface area contributed by atoms with E-state index in [4.69, 9.17) is 0 Å². The highest BCUT2D eigenvalue weighted by Crippen LogP contribution is 2.06. The molecule has 82 valence electrons. The molecular weight excluding hydrogens is 260 g/mol. The summed E-state index contributed by atoms with van der Waals surface area (Å²) in [4.78, 5) is 15.5. The van der Waals surface area contributed by atoms with Crippen LogP contribution in [0.15, 0.2) is 22.8 Å². The van der Waals surface area contributed by atoms with Crippen molar-refractivity contribution in [3.63, 3.8) is 0 Å². The molecule has 0 aliphatic carbocycles. The molecule has 1 rings (SSSR count). The fourth-order valence-electron chi connectivity index (χ4n) is 0.922. The van der Waals surface area contributed by atoms with Gasteiger partial charge in [-0.15, -0.1) is 0 Å². The number of amides is 1. The van der Waals surface area contributed by atoms with Gasteiger partial charge < -0.3 is 10.4 Å². The second-order valence-corrected chi connectivity index (χ2v) is 4.65. The number of pyridine rings is 1. The molecule has 0 saturated heterocycles. The number of hydrogen-bond acceptors (Lipinski definition) is 3. The normalized spacial score (nSPS) is 11.2. The van der Waals surface area contributed by atoms with Gasteiger partial charge in [0.2, 0.25) is 0 Å². The Balaban J connectivity index is 2.62. The number of aromatic nitrogens is 1. The van der Waals surface area contributed by atoms with Crippen LogP contribution < -0.4 is 5.32 Å². The summed E-state index contributed by atoms with van der Waals surface area (Å²) in [6.07, 6.45) is 0. The van der Waals surface area contributed by atoms with Crippen molar-refractivity contribution in [2.75, 3.05) is 6.54 Å². The first-order valence-corrected chi connectivity index (χ1v) is 5.31. The van der Waals surface area contributed by atoms with E-state index in [0.29, 0.717) is 10.3 Å². The molecule has 0 aromatic carbocycles. The Bertz CT molecular complexity index is 361. The molecule has 0 radical (unpaired) electrons. The second kappa shape index (κ2) is 4.72. The molecule has 1 aromatic heterocycles. The Morgan fingerprint density at radius 1 is 1.60 bits per heavy atom. The lowest BCUT2D eigenvalue weighted by Crippen LogP contribution is -2.38. The summed E-state index contributed by atoms with van der Waals surface area (Å²) in [5, 5.41) is 12.0. The van der Waals surface area contributed by atoms with Crippen LogP contribution in [0.3, 0.4) is 0 Å². The van der Waals surface area contributed by atoms with Crippen molar-refractivity contribution in [2.45, 2.75) is 19.4 Å². The summed E-state index contributed by atoms with van der Waals surface area (Å²) in [6, 6.07) is 5.09. The molecule has 0 aliphatic heterocycles. The van der Waals surface area contributed by atoms with Gasteiger partial charge in [-0.1, -0.05) is 6.07 Å². The number of carbonyl (C=O) groups is 1. The number of halogens is 1. The zero-order chi connectivity index (χ0) is 11.5. The molecule has 0 bridgehead atoms. The molecule has 0 aliphatic rings. The third kappa shape index (κ3) is 4.40. The predicted molar refractivity (Wildman–Crippen MR) is 60.6 cm³/mol. The van der Waals surface area contributed by atoms with Gasteiger partial charge in [0.25, 0.3) is 5.91 Å². The van der Waals surface area contributed by atoms with E-state index >= 15 is 0 Å². The molecule has 1 amide bonds. The van der Waals surface area contributed by atoms with Crippen LogP contribution in [0, 0.1) is 0 Å². The number of carbonyl (C=O) groups excluding carboxylic acids is 1. The zero-order valence-corrected chi connectivity index (χ0v) is 10.2. The van der Waals surface area contributed by atoms with Gasteiger partial charge in [-0.3, -0.25) is 4.79 Å². The molecule has 1 aromatic rings. The molecule has 15 heavy (non-hydrogen) atoms. The van der Waals surface area contributed by atoms with Gasteiger partial charge >= 0.3 is 0 Å². The van der Waals surface area contributed by atoms with Crippen LogP contribution in [0.2, 0.25) is 0 Å². The van der Waals surface area contributed by atoms with Crippen LogP contribution in [0.5, 0.6) is 0 Å². The van der Waals surface area contributed by atoms with Crippen LogP contribution in [0.4, 0.5) is 0 Å². The molecule has 0 atom stereocenters. The molecule has 2 N–H and O–H groups in total. The lowest BCUT2D eigenvalue weighted by atomic mass is 10.1. The summed E-state index contributed by atoms with van der Waals surface area (Å²) >= 11 is 3.18. The van der Waals surface area contributed by atoms with Crippen molar-refractivity contribution in [2.24, 2.45) is 0 Å².